The Morgan fingerprint density at radius 3 is 2.65 bits per heavy atom. The van der Waals surface area contributed by atoms with Crippen molar-refractivity contribution in [3.8, 4) is 5.82 Å². The van der Waals surface area contributed by atoms with E-state index in [0.717, 1.165) is 0 Å². The maximum absolute atomic E-state index is 11.7. The van der Waals surface area contributed by atoms with Crippen LogP contribution in [0.1, 0.15) is 20.8 Å². The minimum Gasteiger partial charge on any atom is -0.478 e. The predicted octanol–water partition coefficient (Wildman–Crippen LogP) is 1.32. The van der Waals surface area contributed by atoms with Crippen molar-refractivity contribution in [1.29, 1.82) is 0 Å². The van der Waals surface area contributed by atoms with Gasteiger partial charge in [0.05, 0.1) is 5.56 Å². The molecule has 0 saturated heterocycles. The molecule has 0 radical (unpaired) electrons. The lowest BCUT2D eigenvalue weighted by molar-refractivity contribution is 0.0696. The molecule has 2 aromatic heterocycles. The number of hydrogen-bond acceptors (Lipinski definition) is 4. The van der Waals surface area contributed by atoms with Gasteiger partial charge in [0.15, 0.2) is 11.5 Å². The number of amides is 1. The molecule has 2 rings (SSSR count). The first-order chi connectivity index (χ1) is 9.38. The van der Waals surface area contributed by atoms with Gasteiger partial charge in [-0.05, 0) is 18.2 Å². The summed E-state index contributed by atoms with van der Waals surface area (Å²) < 4.78 is 1.30. The highest BCUT2D eigenvalue weighted by Gasteiger charge is 2.14. The van der Waals surface area contributed by atoms with Crippen molar-refractivity contribution in [3.63, 3.8) is 0 Å². The predicted molar refractivity (Wildman–Crippen MR) is 71.3 cm³/mol. The van der Waals surface area contributed by atoms with Crippen LogP contribution in [0.3, 0.4) is 0 Å². The molecule has 2 aromatic rings. The summed E-state index contributed by atoms with van der Waals surface area (Å²) in [5, 5.41) is 13.1. The van der Waals surface area contributed by atoms with Gasteiger partial charge in [0.2, 0.25) is 0 Å². The molecule has 0 spiro atoms. The van der Waals surface area contributed by atoms with Gasteiger partial charge >= 0.3 is 5.97 Å². The van der Waals surface area contributed by atoms with Gasteiger partial charge in [-0.1, -0.05) is 11.6 Å². The van der Waals surface area contributed by atoms with Crippen molar-refractivity contribution in [2.24, 2.45) is 0 Å². The number of carboxylic acid groups (broad SMARTS) is 1. The second-order valence-corrected chi connectivity index (χ2v) is 4.57. The lowest BCUT2D eigenvalue weighted by Gasteiger charge is -2.07. The summed E-state index contributed by atoms with van der Waals surface area (Å²) in [6, 6.07) is 4.08. The number of hydrogen-bond donors (Lipinski definition) is 1. The smallest absolute Gasteiger partial charge is 0.335 e. The third-order valence-corrected chi connectivity index (χ3v) is 2.67. The molecule has 104 valence electrons. The Kier molecular flexibility index (Phi) is 3.71. The zero-order valence-electron chi connectivity index (χ0n) is 10.7. The minimum absolute atomic E-state index is 0.00372. The van der Waals surface area contributed by atoms with Gasteiger partial charge in [-0.15, -0.1) is 0 Å². The number of carboxylic acids is 1. The van der Waals surface area contributed by atoms with Crippen molar-refractivity contribution in [1.82, 2.24) is 19.7 Å². The van der Waals surface area contributed by atoms with Crippen LogP contribution in [0, 0.1) is 0 Å². The van der Waals surface area contributed by atoms with Crippen molar-refractivity contribution in [3.05, 3.63) is 40.8 Å². The molecule has 0 aliphatic rings. The van der Waals surface area contributed by atoms with E-state index in [1.54, 1.807) is 14.1 Å². The second-order valence-electron chi connectivity index (χ2n) is 4.19. The quantitative estimate of drug-likeness (QED) is 0.863. The molecular weight excluding hydrogens is 284 g/mol. The number of pyridine rings is 1. The summed E-state index contributed by atoms with van der Waals surface area (Å²) in [5.41, 5.74) is 0.227. The van der Waals surface area contributed by atoms with Crippen LogP contribution < -0.4 is 0 Å². The SMILES string of the molecule is CN(C)C(=O)c1ccn(-c2cc(C(=O)O)cc(Cl)n2)n1. The monoisotopic (exact) mass is 294 g/mol. The van der Waals surface area contributed by atoms with Gasteiger partial charge in [-0.3, -0.25) is 4.79 Å². The molecule has 0 aliphatic carbocycles. The molecule has 1 amide bonds. The summed E-state index contributed by atoms with van der Waals surface area (Å²) in [6.07, 6.45) is 1.51. The van der Waals surface area contributed by atoms with Crippen molar-refractivity contribution in [2.75, 3.05) is 14.1 Å². The van der Waals surface area contributed by atoms with Crippen LogP contribution in [-0.2, 0) is 0 Å². The highest BCUT2D eigenvalue weighted by atomic mass is 35.5. The molecule has 0 atom stereocenters. The van der Waals surface area contributed by atoms with Gasteiger partial charge in [0.25, 0.3) is 5.91 Å². The average molecular weight is 295 g/mol. The molecule has 0 aliphatic heterocycles. The van der Waals surface area contributed by atoms with E-state index >= 15 is 0 Å². The van der Waals surface area contributed by atoms with E-state index < -0.39 is 5.97 Å². The number of aromatic carboxylic acids is 1. The van der Waals surface area contributed by atoms with Gasteiger partial charge in [-0.2, -0.15) is 5.10 Å². The summed E-state index contributed by atoms with van der Waals surface area (Å²) in [6.45, 7) is 0. The standard InChI is InChI=1S/C12H11ClN4O3/c1-16(2)11(18)8-3-4-17(15-8)10-6-7(12(19)20)5-9(13)14-10/h3-6H,1-2H3,(H,19,20). The van der Waals surface area contributed by atoms with Crippen molar-refractivity contribution >= 4 is 23.5 Å². The van der Waals surface area contributed by atoms with Gasteiger partial charge in [-0.25, -0.2) is 14.5 Å². The summed E-state index contributed by atoms with van der Waals surface area (Å²) in [7, 11) is 3.23. The van der Waals surface area contributed by atoms with Crippen molar-refractivity contribution in [2.45, 2.75) is 0 Å². The molecule has 0 unspecified atom stereocenters. The van der Waals surface area contributed by atoms with E-state index in [-0.39, 0.29) is 28.1 Å². The Morgan fingerprint density at radius 2 is 2.05 bits per heavy atom. The van der Waals surface area contributed by atoms with Gasteiger partial charge in [0, 0.05) is 20.3 Å². The Hall–Kier alpha value is -2.41. The highest BCUT2D eigenvalue weighted by Crippen LogP contribution is 2.14. The van der Waals surface area contributed by atoms with Crippen LogP contribution in [0.25, 0.3) is 5.82 Å². The van der Waals surface area contributed by atoms with Crippen LogP contribution in [0.2, 0.25) is 5.15 Å². The fourth-order valence-corrected chi connectivity index (χ4v) is 1.72. The maximum Gasteiger partial charge on any atom is 0.335 e. The summed E-state index contributed by atoms with van der Waals surface area (Å²) in [5.74, 6) is -1.15. The van der Waals surface area contributed by atoms with E-state index in [2.05, 4.69) is 10.1 Å². The average Bonchev–Trinajstić information content (AvgIpc) is 2.86. The zero-order valence-corrected chi connectivity index (χ0v) is 11.5. The van der Waals surface area contributed by atoms with Crippen LogP contribution >= 0.6 is 11.6 Å². The fraction of sp³-hybridized carbons (Fsp3) is 0.167. The normalized spacial score (nSPS) is 10.3. The number of rotatable bonds is 3. The Bertz CT molecular complexity index is 681. The number of nitrogens with zero attached hydrogens (tertiary/aromatic N) is 4. The first-order valence-electron chi connectivity index (χ1n) is 5.57. The third kappa shape index (κ3) is 2.77. The summed E-state index contributed by atoms with van der Waals surface area (Å²) >= 11 is 5.77. The molecule has 0 bridgehead atoms. The Morgan fingerprint density at radius 1 is 1.35 bits per heavy atom. The van der Waals surface area contributed by atoms with E-state index in [0.29, 0.717) is 0 Å². The van der Waals surface area contributed by atoms with Crippen LogP contribution in [0.5, 0.6) is 0 Å². The van der Waals surface area contributed by atoms with Gasteiger partial charge in [0.1, 0.15) is 5.15 Å². The Labute approximate surface area is 119 Å². The molecule has 0 fully saturated rings. The second kappa shape index (κ2) is 5.30. The zero-order chi connectivity index (χ0) is 14.9. The van der Waals surface area contributed by atoms with E-state index in [4.69, 9.17) is 16.7 Å². The molecule has 20 heavy (non-hydrogen) atoms. The lowest BCUT2D eigenvalue weighted by atomic mass is 10.2. The number of carbonyl (C=O) groups is 2. The molecule has 7 nitrogen and oxygen atoms in total. The number of halogens is 1. The van der Waals surface area contributed by atoms with Crippen LogP contribution in [0.15, 0.2) is 24.4 Å². The molecular formula is C12H11ClN4O3. The molecule has 2 heterocycles. The molecule has 0 aromatic carbocycles. The lowest BCUT2D eigenvalue weighted by Crippen LogP contribution is -2.22. The molecule has 1 N–H and O–H groups in total. The van der Waals surface area contributed by atoms with Crippen molar-refractivity contribution < 1.29 is 14.7 Å². The van der Waals surface area contributed by atoms with E-state index in [9.17, 15) is 9.59 Å². The van der Waals surface area contributed by atoms with Crippen LogP contribution in [0.4, 0.5) is 0 Å². The van der Waals surface area contributed by atoms with E-state index in [1.165, 1.54) is 34.0 Å². The van der Waals surface area contributed by atoms with Gasteiger partial charge < -0.3 is 10.0 Å². The number of aromatic nitrogens is 3. The first-order valence-corrected chi connectivity index (χ1v) is 5.95. The summed E-state index contributed by atoms with van der Waals surface area (Å²) in [4.78, 5) is 28.1. The Balaban J connectivity index is 2.42. The molecule has 8 heteroatoms. The number of carbonyl (C=O) groups excluding carboxylic acids is 1. The highest BCUT2D eigenvalue weighted by molar-refractivity contribution is 6.29. The minimum atomic E-state index is -1.12. The first kappa shape index (κ1) is 14.0. The largest absolute Gasteiger partial charge is 0.478 e. The topological polar surface area (TPSA) is 88.3 Å². The fourth-order valence-electron chi connectivity index (χ4n) is 1.52. The van der Waals surface area contributed by atoms with E-state index in [1.807, 2.05) is 0 Å². The maximum atomic E-state index is 11.7. The van der Waals surface area contributed by atoms with Crippen LogP contribution in [-0.4, -0.2) is 50.7 Å². The molecule has 0 saturated carbocycles. The third-order valence-electron chi connectivity index (χ3n) is 2.48.